The number of carbonyl (C=O) groups excluding carboxylic acids is 1. The molecule has 0 aliphatic rings. The van der Waals surface area contributed by atoms with Crippen LogP contribution in [0.1, 0.15) is 34.1 Å². The van der Waals surface area contributed by atoms with E-state index in [0.29, 0.717) is 13.1 Å². The maximum Gasteiger partial charge on any atom is 0.315 e. The summed E-state index contributed by atoms with van der Waals surface area (Å²) in [4.78, 5) is 26.6. The molecule has 1 atom stereocenters. The van der Waals surface area contributed by atoms with Crippen LogP contribution >= 0.6 is 0 Å². The molecule has 106 valence electrons. The van der Waals surface area contributed by atoms with Crippen LogP contribution in [0.2, 0.25) is 0 Å². The van der Waals surface area contributed by atoms with E-state index in [1.807, 2.05) is 6.92 Å². The van der Waals surface area contributed by atoms with E-state index in [4.69, 9.17) is 5.11 Å². The van der Waals surface area contributed by atoms with Gasteiger partial charge >= 0.3 is 5.97 Å². The molecular formula is C13H26N2O3. The van der Waals surface area contributed by atoms with Gasteiger partial charge in [0.25, 0.3) is 0 Å². The smallest absolute Gasteiger partial charge is 0.315 e. The predicted octanol–water partition coefficient (Wildman–Crippen LogP) is 1.29. The fraction of sp³-hybridized carbons (Fsp3) is 0.846. The Kier molecular flexibility index (Phi) is 8.37. The van der Waals surface area contributed by atoms with Gasteiger partial charge in [-0.25, -0.2) is 0 Å². The molecule has 0 aliphatic heterocycles. The fourth-order valence-electron chi connectivity index (χ4n) is 1.83. The maximum absolute atomic E-state index is 11.9. The third-order valence-corrected chi connectivity index (χ3v) is 3.23. The number of carboxylic acids is 1. The van der Waals surface area contributed by atoms with Crippen LogP contribution in [0.15, 0.2) is 0 Å². The molecule has 18 heavy (non-hydrogen) atoms. The van der Waals surface area contributed by atoms with Crippen molar-refractivity contribution in [2.24, 2.45) is 5.92 Å². The van der Waals surface area contributed by atoms with Gasteiger partial charge in [0.05, 0.1) is 0 Å². The number of hydrogen-bond acceptors (Lipinski definition) is 3. The summed E-state index contributed by atoms with van der Waals surface area (Å²) in [6.07, 6.45) is 0.883. The van der Waals surface area contributed by atoms with Crippen LogP contribution in [0.25, 0.3) is 0 Å². The summed E-state index contributed by atoms with van der Waals surface area (Å²) < 4.78 is 0. The van der Waals surface area contributed by atoms with Crippen LogP contribution < -0.4 is 0 Å². The number of rotatable bonds is 9. The average Bonchev–Trinajstić information content (AvgIpc) is 2.37. The molecule has 0 aromatic rings. The molecule has 0 heterocycles. The quantitative estimate of drug-likeness (QED) is 0.633. The van der Waals surface area contributed by atoms with E-state index in [0.717, 1.165) is 26.1 Å². The number of carbonyl (C=O) groups is 2. The number of carboxylic acid groups (broad SMARTS) is 1. The summed E-state index contributed by atoms with van der Waals surface area (Å²) in [5.74, 6) is -2.29. The first kappa shape index (κ1) is 16.9. The normalized spacial score (nSPS) is 12.5. The van der Waals surface area contributed by atoms with Gasteiger partial charge < -0.3 is 14.9 Å². The molecule has 0 spiro atoms. The maximum atomic E-state index is 11.9. The molecule has 1 unspecified atom stereocenters. The Morgan fingerprint density at radius 2 is 1.61 bits per heavy atom. The van der Waals surface area contributed by atoms with Gasteiger partial charge in [0.15, 0.2) is 0 Å². The van der Waals surface area contributed by atoms with Gasteiger partial charge in [-0.2, -0.15) is 0 Å². The largest absolute Gasteiger partial charge is 0.481 e. The number of nitrogens with zero attached hydrogens (tertiary/aromatic N) is 2. The molecule has 5 nitrogen and oxygen atoms in total. The minimum absolute atomic E-state index is 0.287. The van der Waals surface area contributed by atoms with Crippen molar-refractivity contribution in [3.05, 3.63) is 0 Å². The molecule has 5 heteroatoms. The van der Waals surface area contributed by atoms with E-state index in [-0.39, 0.29) is 5.91 Å². The Labute approximate surface area is 110 Å². The Balaban J connectivity index is 4.19. The van der Waals surface area contributed by atoms with E-state index in [2.05, 4.69) is 18.7 Å². The van der Waals surface area contributed by atoms with Crippen molar-refractivity contribution in [2.75, 3.05) is 32.7 Å². The third-order valence-electron chi connectivity index (χ3n) is 3.23. The second kappa shape index (κ2) is 8.91. The lowest BCUT2D eigenvalue weighted by Gasteiger charge is -2.25. The van der Waals surface area contributed by atoms with Crippen molar-refractivity contribution >= 4 is 11.9 Å². The zero-order valence-corrected chi connectivity index (χ0v) is 12.0. The molecule has 0 radical (unpaired) electrons. The monoisotopic (exact) mass is 258 g/mol. The lowest BCUT2D eigenvalue weighted by atomic mass is 10.1. The van der Waals surface area contributed by atoms with Gasteiger partial charge in [-0.3, -0.25) is 9.59 Å². The van der Waals surface area contributed by atoms with Crippen LogP contribution in [0, 0.1) is 5.92 Å². The fourth-order valence-corrected chi connectivity index (χ4v) is 1.83. The highest BCUT2D eigenvalue weighted by atomic mass is 16.4. The molecule has 0 bridgehead atoms. The first-order valence-electron chi connectivity index (χ1n) is 6.71. The highest BCUT2D eigenvalue weighted by Gasteiger charge is 2.24. The van der Waals surface area contributed by atoms with Gasteiger partial charge in [-0.1, -0.05) is 13.8 Å². The molecule has 0 aromatic heterocycles. The molecule has 0 aliphatic carbocycles. The highest BCUT2D eigenvalue weighted by molar-refractivity contribution is 5.96. The van der Waals surface area contributed by atoms with Crippen molar-refractivity contribution in [3.63, 3.8) is 0 Å². The van der Waals surface area contributed by atoms with E-state index in [1.54, 1.807) is 4.90 Å². The third kappa shape index (κ3) is 5.49. The molecule has 1 amide bonds. The number of hydrogen-bond donors (Lipinski definition) is 1. The van der Waals surface area contributed by atoms with Gasteiger partial charge in [-0.15, -0.1) is 0 Å². The second-order valence-corrected chi connectivity index (χ2v) is 4.36. The van der Waals surface area contributed by atoms with E-state index in [9.17, 15) is 9.59 Å². The summed E-state index contributed by atoms with van der Waals surface area (Å²) in [6.45, 7) is 11.7. The van der Waals surface area contributed by atoms with Crippen molar-refractivity contribution in [1.29, 1.82) is 0 Å². The zero-order chi connectivity index (χ0) is 14.1. The van der Waals surface area contributed by atoms with E-state index < -0.39 is 11.9 Å². The van der Waals surface area contributed by atoms with Gasteiger partial charge in [0, 0.05) is 13.1 Å². The van der Waals surface area contributed by atoms with Gasteiger partial charge in [0.1, 0.15) is 5.92 Å². The Hall–Kier alpha value is -1.10. The van der Waals surface area contributed by atoms with Crippen molar-refractivity contribution in [1.82, 2.24) is 9.80 Å². The average molecular weight is 258 g/mol. The molecule has 0 saturated heterocycles. The van der Waals surface area contributed by atoms with Crippen molar-refractivity contribution in [3.8, 4) is 0 Å². The summed E-state index contributed by atoms with van der Waals surface area (Å²) in [7, 11) is 0. The minimum Gasteiger partial charge on any atom is -0.481 e. The van der Waals surface area contributed by atoms with Gasteiger partial charge in [-0.05, 0) is 39.9 Å². The van der Waals surface area contributed by atoms with Crippen LogP contribution in [0.4, 0.5) is 0 Å². The van der Waals surface area contributed by atoms with E-state index in [1.165, 1.54) is 6.92 Å². The zero-order valence-electron chi connectivity index (χ0n) is 12.0. The Morgan fingerprint density at radius 1 is 1.06 bits per heavy atom. The van der Waals surface area contributed by atoms with Gasteiger partial charge in [0.2, 0.25) is 5.91 Å². The molecule has 0 rings (SSSR count). The molecule has 0 aromatic carbocycles. The van der Waals surface area contributed by atoms with Crippen LogP contribution in [0.3, 0.4) is 0 Å². The topological polar surface area (TPSA) is 60.9 Å². The van der Waals surface area contributed by atoms with Crippen LogP contribution in [-0.4, -0.2) is 59.5 Å². The summed E-state index contributed by atoms with van der Waals surface area (Å²) in [5.41, 5.74) is 0. The number of amides is 1. The molecular weight excluding hydrogens is 232 g/mol. The second-order valence-electron chi connectivity index (χ2n) is 4.36. The SMILES string of the molecule is CCN(CC)CCCN(CC)C(=O)C(C)C(=O)O. The van der Waals surface area contributed by atoms with Crippen molar-refractivity contribution < 1.29 is 14.7 Å². The highest BCUT2D eigenvalue weighted by Crippen LogP contribution is 2.04. The summed E-state index contributed by atoms with van der Waals surface area (Å²) >= 11 is 0. The molecule has 1 N–H and O–H groups in total. The van der Waals surface area contributed by atoms with Crippen molar-refractivity contribution in [2.45, 2.75) is 34.1 Å². The molecule has 0 fully saturated rings. The number of aliphatic carboxylic acids is 1. The molecule has 0 saturated carbocycles. The summed E-state index contributed by atoms with van der Waals surface area (Å²) in [5, 5.41) is 8.83. The van der Waals surface area contributed by atoms with E-state index >= 15 is 0 Å². The standard InChI is InChI=1S/C13H26N2O3/c1-5-14(6-2)9-8-10-15(7-3)12(16)11(4)13(17)18/h11H,5-10H2,1-4H3,(H,17,18). The Bertz CT molecular complexity index is 265. The predicted molar refractivity (Wildman–Crippen MR) is 71.5 cm³/mol. The Morgan fingerprint density at radius 3 is 2.00 bits per heavy atom. The van der Waals surface area contributed by atoms with Crippen LogP contribution in [-0.2, 0) is 9.59 Å². The summed E-state index contributed by atoms with van der Waals surface area (Å²) in [6, 6.07) is 0. The lowest BCUT2D eigenvalue weighted by Crippen LogP contribution is -2.39. The lowest BCUT2D eigenvalue weighted by molar-refractivity contribution is -0.150. The first-order valence-corrected chi connectivity index (χ1v) is 6.71. The van der Waals surface area contributed by atoms with Crippen LogP contribution in [0.5, 0.6) is 0 Å². The first-order chi connectivity index (χ1) is 8.47. The minimum atomic E-state index is -1.05.